The topological polar surface area (TPSA) is 75.4 Å². The van der Waals surface area contributed by atoms with Crippen LogP contribution in [-0.2, 0) is 0 Å². The van der Waals surface area contributed by atoms with E-state index in [1.807, 2.05) is 18.2 Å². The molecule has 3 heterocycles. The molecule has 1 aromatic carbocycles. The Morgan fingerprint density at radius 1 is 1.41 bits per heavy atom. The highest BCUT2D eigenvalue weighted by molar-refractivity contribution is 14.1. The predicted octanol–water partition coefficient (Wildman–Crippen LogP) is 2.47. The van der Waals surface area contributed by atoms with E-state index in [1.165, 1.54) is 6.33 Å². The number of carboxylic acid groups (broad SMARTS) is 1. The summed E-state index contributed by atoms with van der Waals surface area (Å²) in [5, 5.41) is 9.43. The van der Waals surface area contributed by atoms with Crippen molar-refractivity contribution in [3.8, 4) is 5.69 Å². The van der Waals surface area contributed by atoms with Gasteiger partial charge in [-0.1, -0.05) is 6.07 Å². The third-order valence-corrected chi connectivity index (χ3v) is 5.20. The van der Waals surface area contributed by atoms with Crippen molar-refractivity contribution in [1.29, 1.82) is 0 Å². The number of rotatable bonds is 1. The molecule has 7 heteroatoms. The number of benzene rings is 1. The molecule has 4 rings (SSSR count). The lowest BCUT2D eigenvalue weighted by molar-refractivity contribution is 0.0673. The van der Waals surface area contributed by atoms with Gasteiger partial charge in [-0.2, -0.15) is 0 Å². The molecule has 1 aromatic heterocycles. The van der Waals surface area contributed by atoms with E-state index in [0.717, 1.165) is 16.4 Å². The SMILES string of the molecule is O=C(O)c1ncn2c1[C@@H]1CCCN1C(=O)c1c(I)cccc1-2. The monoisotopic (exact) mass is 409 g/mol. The molecule has 0 aliphatic carbocycles. The maximum Gasteiger partial charge on any atom is 0.356 e. The minimum absolute atomic E-state index is 0.0254. The Labute approximate surface area is 139 Å². The zero-order valence-electron chi connectivity index (χ0n) is 11.5. The van der Waals surface area contributed by atoms with E-state index in [9.17, 15) is 14.7 Å². The molecule has 22 heavy (non-hydrogen) atoms. The highest BCUT2D eigenvalue weighted by Crippen LogP contribution is 2.40. The Morgan fingerprint density at radius 3 is 3.00 bits per heavy atom. The van der Waals surface area contributed by atoms with Gasteiger partial charge in [0.2, 0.25) is 0 Å². The van der Waals surface area contributed by atoms with Crippen molar-refractivity contribution in [1.82, 2.24) is 14.5 Å². The fourth-order valence-corrected chi connectivity index (χ4v) is 4.11. The van der Waals surface area contributed by atoms with E-state index in [2.05, 4.69) is 27.6 Å². The van der Waals surface area contributed by atoms with E-state index in [4.69, 9.17) is 0 Å². The zero-order valence-corrected chi connectivity index (χ0v) is 13.6. The van der Waals surface area contributed by atoms with Crippen molar-refractivity contribution >= 4 is 34.5 Å². The Balaban J connectivity index is 2.08. The average molecular weight is 409 g/mol. The number of aromatic nitrogens is 2. The third kappa shape index (κ3) is 1.74. The number of carbonyl (C=O) groups excluding carboxylic acids is 1. The van der Waals surface area contributed by atoms with Gasteiger partial charge in [-0.25, -0.2) is 9.78 Å². The van der Waals surface area contributed by atoms with E-state index < -0.39 is 5.97 Å². The zero-order chi connectivity index (χ0) is 15.4. The number of fused-ring (bicyclic) bond motifs is 5. The Kier molecular flexibility index (Phi) is 3.00. The quantitative estimate of drug-likeness (QED) is 0.735. The number of nitrogens with zero attached hydrogens (tertiary/aromatic N) is 3. The van der Waals surface area contributed by atoms with Crippen molar-refractivity contribution in [2.75, 3.05) is 6.54 Å². The number of hydrogen-bond donors (Lipinski definition) is 1. The summed E-state index contributed by atoms with van der Waals surface area (Å²) >= 11 is 2.15. The van der Waals surface area contributed by atoms with Gasteiger partial charge in [-0.05, 0) is 47.6 Å². The van der Waals surface area contributed by atoms with Crippen molar-refractivity contribution in [2.24, 2.45) is 0 Å². The van der Waals surface area contributed by atoms with Crippen LogP contribution in [0, 0.1) is 3.57 Å². The van der Waals surface area contributed by atoms with Crippen LogP contribution in [0.4, 0.5) is 0 Å². The first kappa shape index (κ1) is 13.7. The molecular formula is C15H12IN3O3. The Bertz CT molecular complexity index is 814. The highest BCUT2D eigenvalue weighted by Gasteiger charge is 2.40. The molecule has 1 atom stereocenters. The first-order chi connectivity index (χ1) is 10.6. The minimum atomic E-state index is -1.05. The summed E-state index contributed by atoms with van der Waals surface area (Å²) in [5.41, 5.74) is 1.99. The summed E-state index contributed by atoms with van der Waals surface area (Å²) in [5.74, 6) is -1.08. The van der Waals surface area contributed by atoms with E-state index in [-0.39, 0.29) is 17.6 Å². The summed E-state index contributed by atoms with van der Waals surface area (Å²) in [6, 6.07) is 5.38. The molecule has 1 amide bonds. The summed E-state index contributed by atoms with van der Waals surface area (Å²) < 4.78 is 2.64. The predicted molar refractivity (Wildman–Crippen MR) is 86.3 cm³/mol. The normalized spacial score (nSPS) is 19.4. The number of carbonyl (C=O) groups is 2. The van der Waals surface area contributed by atoms with Crippen LogP contribution in [0.25, 0.3) is 5.69 Å². The van der Waals surface area contributed by atoms with Crippen LogP contribution in [0.15, 0.2) is 24.5 Å². The minimum Gasteiger partial charge on any atom is -0.476 e. The van der Waals surface area contributed by atoms with E-state index >= 15 is 0 Å². The number of amides is 1. The molecule has 2 aliphatic heterocycles. The maximum atomic E-state index is 12.9. The molecule has 0 saturated carbocycles. The van der Waals surface area contributed by atoms with Crippen molar-refractivity contribution in [2.45, 2.75) is 18.9 Å². The lowest BCUT2D eigenvalue weighted by Gasteiger charge is -2.22. The van der Waals surface area contributed by atoms with Crippen LogP contribution < -0.4 is 0 Å². The van der Waals surface area contributed by atoms with E-state index in [1.54, 1.807) is 9.47 Å². The third-order valence-electron chi connectivity index (χ3n) is 4.30. The van der Waals surface area contributed by atoms with Crippen LogP contribution in [-0.4, -0.2) is 38.0 Å². The van der Waals surface area contributed by atoms with Crippen LogP contribution in [0.1, 0.15) is 45.4 Å². The van der Waals surface area contributed by atoms with Crippen LogP contribution in [0.3, 0.4) is 0 Å². The number of halogens is 1. The Morgan fingerprint density at radius 2 is 2.23 bits per heavy atom. The smallest absolute Gasteiger partial charge is 0.356 e. The fraction of sp³-hybridized carbons (Fsp3) is 0.267. The molecule has 0 radical (unpaired) electrons. The van der Waals surface area contributed by atoms with Gasteiger partial charge < -0.3 is 10.0 Å². The van der Waals surface area contributed by atoms with Gasteiger partial charge in [0.05, 0.1) is 23.0 Å². The molecule has 0 bridgehead atoms. The lowest BCUT2D eigenvalue weighted by atomic mass is 10.1. The second kappa shape index (κ2) is 4.80. The number of imidazole rings is 1. The van der Waals surface area contributed by atoms with Crippen molar-refractivity contribution < 1.29 is 14.7 Å². The fourth-order valence-electron chi connectivity index (χ4n) is 3.40. The highest BCUT2D eigenvalue weighted by atomic mass is 127. The second-order valence-electron chi connectivity index (χ2n) is 5.44. The standard InChI is InChI=1S/C15H12IN3O3/c16-8-3-1-4-9-11(8)14(20)18-6-2-5-10(18)13-12(15(21)22)17-7-19(9)13/h1,3-4,7,10H,2,5-6H2,(H,21,22)/t10-/m0/s1. The molecule has 0 spiro atoms. The summed E-state index contributed by atoms with van der Waals surface area (Å²) in [4.78, 5) is 30.3. The summed E-state index contributed by atoms with van der Waals surface area (Å²) in [6.45, 7) is 0.651. The molecule has 1 fully saturated rings. The number of carboxylic acids is 1. The van der Waals surface area contributed by atoms with Gasteiger partial charge in [0.25, 0.3) is 5.91 Å². The van der Waals surface area contributed by atoms with Crippen LogP contribution >= 0.6 is 22.6 Å². The van der Waals surface area contributed by atoms with Crippen LogP contribution in [0.2, 0.25) is 0 Å². The first-order valence-corrected chi connectivity index (χ1v) is 8.08. The second-order valence-corrected chi connectivity index (χ2v) is 6.61. The first-order valence-electron chi connectivity index (χ1n) is 7.00. The molecule has 2 aliphatic rings. The average Bonchev–Trinajstić information content (AvgIpc) is 3.10. The van der Waals surface area contributed by atoms with Crippen molar-refractivity contribution in [3.05, 3.63) is 45.0 Å². The van der Waals surface area contributed by atoms with Crippen molar-refractivity contribution in [3.63, 3.8) is 0 Å². The number of aromatic carboxylic acids is 1. The van der Waals surface area contributed by atoms with E-state index in [0.29, 0.717) is 23.5 Å². The Hall–Kier alpha value is -1.90. The lowest BCUT2D eigenvalue weighted by Crippen LogP contribution is -2.30. The molecule has 6 nitrogen and oxygen atoms in total. The maximum absolute atomic E-state index is 12.9. The molecule has 112 valence electrons. The number of hydrogen-bond acceptors (Lipinski definition) is 3. The van der Waals surface area contributed by atoms with Gasteiger partial charge in [0.1, 0.15) is 6.33 Å². The van der Waals surface area contributed by atoms with Gasteiger partial charge in [0, 0.05) is 10.1 Å². The van der Waals surface area contributed by atoms with Gasteiger partial charge in [-0.3, -0.25) is 9.36 Å². The van der Waals surface area contributed by atoms with Gasteiger partial charge >= 0.3 is 5.97 Å². The summed E-state index contributed by atoms with van der Waals surface area (Å²) in [6.07, 6.45) is 3.16. The molecule has 0 unspecified atom stereocenters. The molecule has 1 saturated heterocycles. The molecule has 1 N–H and O–H groups in total. The molecule has 2 aromatic rings. The summed E-state index contributed by atoms with van der Waals surface area (Å²) in [7, 11) is 0. The molecular weight excluding hydrogens is 397 g/mol. The van der Waals surface area contributed by atoms with Gasteiger partial charge in [0.15, 0.2) is 5.69 Å². The largest absolute Gasteiger partial charge is 0.476 e. The van der Waals surface area contributed by atoms with Crippen LogP contribution in [0.5, 0.6) is 0 Å². The van der Waals surface area contributed by atoms with Gasteiger partial charge in [-0.15, -0.1) is 0 Å².